The van der Waals surface area contributed by atoms with E-state index < -0.39 is 0 Å². The number of hydrogen-bond acceptors (Lipinski definition) is 4. The quantitative estimate of drug-likeness (QED) is 0.539. The van der Waals surface area contributed by atoms with E-state index in [0.29, 0.717) is 12.1 Å². The van der Waals surface area contributed by atoms with Gasteiger partial charge in [-0.2, -0.15) is 0 Å². The molecule has 0 saturated carbocycles. The van der Waals surface area contributed by atoms with Crippen LogP contribution in [0.15, 0.2) is 47.1 Å². The first kappa shape index (κ1) is 14.6. The lowest BCUT2D eigenvalue weighted by molar-refractivity contribution is 0.0976. The Morgan fingerprint density at radius 1 is 1.04 bits per heavy atom. The Morgan fingerprint density at radius 2 is 1.83 bits per heavy atom. The Morgan fingerprint density at radius 3 is 2.71 bits per heavy atom. The molecule has 0 radical (unpaired) electrons. The van der Waals surface area contributed by atoms with Crippen molar-refractivity contribution in [1.29, 1.82) is 0 Å². The lowest BCUT2D eigenvalue weighted by Gasteiger charge is -2.01. The lowest BCUT2D eigenvalue weighted by atomic mass is 10.0. The second kappa shape index (κ2) is 5.92. The minimum atomic E-state index is 0.171. The van der Waals surface area contributed by atoms with Crippen LogP contribution in [0.3, 0.4) is 0 Å². The molecule has 2 heterocycles. The summed E-state index contributed by atoms with van der Waals surface area (Å²) in [5.41, 5.74) is 5.25. The van der Waals surface area contributed by atoms with E-state index in [0.717, 1.165) is 45.9 Å². The first-order valence-electron chi connectivity index (χ1n) is 8.13. The first-order chi connectivity index (χ1) is 11.7. The van der Waals surface area contributed by atoms with E-state index in [1.165, 1.54) is 0 Å². The van der Waals surface area contributed by atoms with E-state index in [4.69, 9.17) is 4.63 Å². The van der Waals surface area contributed by atoms with Crippen molar-refractivity contribution in [2.75, 3.05) is 0 Å². The van der Waals surface area contributed by atoms with Gasteiger partial charge in [0.05, 0.1) is 5.69 Å². The number of carbonyl (C=O) groups excluding carboxylic acids is 1. The van der Waals surface area contributed by atoms with Crippen LogP contribution < -0.4 is 0 Å². The molecule has 2 aromatic heterocycles. The maximum Gasteiger partial charge on any atom is 0.179 e. The van der Waals surface area contributed by atoms with Crippen molar-refractivity contribution >= 4 is 27.7 Å². The first-order valence-corrected chi connectivity index (χ1v) is 8.13. The second-order valence-corrected chi connectivity index (χ2v) is 5.98. The van der Waals surface area contributed by atoms with Crippen LogP contribution in [0.5, 0.6) is 0 Å². The van der Waals surface area contributed by atoms with Gasteiger partial charge in [0.25, 0.3) is 0 Å². The number of aromatic nitrogens is 3. The molecular formula is C19H17N3O2. The number of carbonyl (C=O) groups is 1. The third-order valence-electron chi connectivity index (χ3n) is 4.27. The highest BCUT2D eigenvalue weighted by Gasteiger charge is 2.10. The number of Topliss-reactive ketones (excluding diaryl/α,β-unsaturated/α-hetero) is 1. The summed E-state index contributed by atoms with van der Waals surface area (Å²) in [6.07, 6.45) is 2.53. The minimum Gasteiger partial charge on any atom is -0.352 e. The topological polar surface area (TPSA) is 71.8 Å². The average Bonchev–Trinajstić information content (AvgIpc) is 3.24. The smallest absolute Gasteiger partial charge is 0.179 e. The van der Waals surface area contributed by atoms with Crippen molar-refractivity contribution in [3.05, 3.63) is 48.2 Å². The molecule has 0 fully saturated rings. The SMILES string of the molecule is CCCCC(=O)c1cc2cc(-c3ccc4nonc4c3)ccc2[nH]1. The van der Waals surface area contributed by atoms with Gasteiger partial charge in [-0.3, -0.25) is 4.79 Å². The number of aromatic amines is 1. The zero-order valence-corrected chi connectivity index (χ0v) is 13.4. The molecule has 0 amide bonds. The van der Waals surface area contributed by atoms with Crippen LogP contribution in [0, 0.1) is 0 Å². The Bertz CT molecular complexity index is 1030. The monoisotopic (exact) mass is 319 g/mol. The predicted octanol–water partition coefficient (Wildman–Crippen LogP) is 4.74. The lowest BCUT2D eigenvalue weighted by Crippen LogP contribution is -1.98. The van der Waals surface area contributed by atoms with E-state index in [9.17, 15) is 4.79 Å². The molecule has 0 unspecified atom stereocenters. The highest BCUT2D eigenvalue weighted by atomic mass is 16.6. The van der Waals surface area contributed by atoms with Gasteiger partial charge < -0.3 is 4.98 Å². The average molecular weight is 319 g/mol. The molecule has 1 N–H and O–H groups in total. The third kappa shape index (κ3) is 2.58. The number of ketones is 1. The number of unbranched alkanes of at least 4 members (excludes halogenated alkanes) is 1. The van der Waals surface area contributed by atoms with Gasteiger partial charge in [0.15, 0.2) is 5.78 Å². The second-order valence-electron chi connectivity index (χ2n) is 5.98. The molecule has 0 aliphatic rings. The van der Waals surface area contributed by atoms with Crippen LogP contribution in [0.25, 0.3) is 33.1 Å². The van der Waals surface area contributed by atoms with Crippen LogP contribution in [0.1, 0.15) is 36.7 Å². The summed E-state index contributed by atoms with van der Waals surface area (Å²) < 4.78 is 4.75. The largest absolute Gasteiger partial charge is 0.352 e. The van der Waals surface area contributed by atoms with Crippen molar-refractivity contribution < 1.29 is 9.42 Å². The van der Waals surface area contributed by atoms with Gasteiger partial charge in [0.1, 0.15) is 11.0 Å². The highest BCUT2D eigenvalue weighted by molar-refractivity contribution is 6.00. The number of hydrogen-bond donors (Lipinski definition) is 1. The molecule has 0 spiro atoms. The van der Waals surface area contributed by atoms with Crippen LogP contribution >= 0.6 is 0 Å². The highest BCUT2D eigenvalue weighted by Crippen LogP contribution is 2.27. The summed E-state index contributed by atoms with van der Waals surface area (Å²) in [6, 6.07) is 13.9. The normalized spacial score (nSPS) is 11.4. The van der Waals surface area contributed by atoms with E-state index in [1.807, 2.05) is 36.4 Å². The van der Waals surface area contributed by atoms with Crippen molar-refractivity contribution in [1.82, 2.24) is 15.3 Å². The Labute approximate surface area is 138 Å². The molecule has 2 aromatic carbocycles. The number of nitrogens with one attached hydrogen (secondary N) is 1. The van der Waals surface area contributed by atoms with E-state index >= 15 is 0 Å². The number of rotatable bonds is 5. The number of H-pyrrole nitrogens is 1. The van der Waals surface area contributed by atoms with Crippen molar-refractivity contribution in [3.63, 3.8) is 0 Å². The molecule has 120 valence electrons. The van der Waals surface area contributed by atoms with Gasteiger partial charge in [0.2, 0.25) is 0 Å². The number of benzene rings is 2. The standard InChI is InChI=1S/C19H17N3O2/c1-2-3-4-19(23)18-11-14-9-12(5-7-15(14)20-18)13-6-8-16-17(10-13)22-24-21-16/h5-11,20H,2-4H2,1H3. The maximum absolute atomic E-state index is 12.2. The zero-order chi connectivity index (χ0) is 16.5. The van der Waals surface area contributed by atoms with Crippen LogP contribution in [0.2, 0.25) is 0 Å². The van der Waals surface area contributed by atoms with E-state index in [1.54, 1.807) is 0 Å². The summed E-state index contributed by atoms with van der Waals surface area (Å²) >= 11 is 0. The predicted molar refractivity (Wildman–Crippen MR) is 93.0 cm³/mol. The molecule has 5 heteroatoms. The summed E-state index contributed by atoms with van der Waals surface area (Å²) in [6.45, 7) is 2.09. The Kier molecular flexibility index (Phi) is 3.61. The Hall–Kier alpha value is -2.95. The maximum atomic E-state index is 12.2. The van der Waals surface area contributed by atoms with Gasteiger partial charge in [0, 0.05) is 17.3 Å². The van der Waals surface area contributed by atoms with Crippen LogP contribution in [-0.2, 0) is 0 Å². The molecule has 4 rings (SSSR count). The zero-order valence-electron chi connectivity index (χ0n) is 13.4. The van der Waals surface area contributed by atoms with Gasteiger partial charge in [-0.1, -0.05) is 25.5 Å². The van der Waals surface area contributed by atoms with Crippen LogP contribution in [-0.4, -0.2) is 21.1 Å². The van der Waals surface area contributed by atoms with Gasteiger partial charge in [-0.15, -0.1) is 0 Å². The fourth-order valence-electron chi connectivity index (χ4n) is 2.90. The number of fused-ring (bicyclic) bond motifs is 2. The Balaban J connectivity index is 1.70. The molecule has 0 atom stereocenters. The molecule has 5 nitrogen and oxygen atoms in total. The molecule has 0 saturated heterocycles. The molecular weight excluding hydrogens is 302 g/mol. The summed E-state index contributed by atoms with van der Waals surface area (Å²) in [4.78, 5) is 15.4. The van der Waals surface area contributed by atoms with Crippen LogP contribution in [0.4, 0.5) is 0 Å². The molecule has 0 aliphatic heterocycles. The molecule has 24 heavy (non-hydrogen) atoms. The van der Waals surface area contributed by atoms with E-state index in [-0.39, 0.29) is 5.78 Å². The summed E-state index contributed by atoms with van der Waals surface area (Å²) in [5.74, 6) is 0.171. The van der Waals surface area contributed by atoms with Crippen molar-refractivity contribution in [2.45, 2.75) is 26.2 Å². The summed E-state index contributed by atoms with van der Waals surface area (Å²) in [7, 11) is 0. The fourth-order valence-corrected chi connectivity index (χ4v) is 2.90. The number of nitrogens with zero attached hydrogens (tertiary/aromatic N) is 2. The summed E-state index contributed by atoms with van der Waals surface area (Å²) in [5, 5.41) is 8.74. The van der Waals surface area contributed by atoms with Crippen molar-refractivity contribution in [2.24, 2.45) is 0 Å². The van der Waals surface area contributed by atoms with Crippen molar-refractivity contribution in [3.8, 4) is 11.1 Å². The fraction of sp³-hybridized carbons (Fsp3) is 0.211. The van der Waals surface area contributed by atoms with Gasteiger partial charge in [-0.25, -0.2) is 4.63 Å². The van der Waals surface area contributed by atoms with Gasteiger partial charge >= 0.3 is 0 Å². The van der Waals surface area contributed by atoms with E-state index in [2.05, 4.69) is 28.3 Å². The third-order valence-corrected chi connectivity index (χ3v) is 4.27. The van der Waals surface area contributed by atoms with Gasteiger partial charge in [-0.05, 0) is 58.2 Å². The minimum absolute atomic E-state index is 0.171. The molecule has 4 aromatic rings. The molecule has 0 aliphatic carbocycles. The molecule has 0 bridgehead atoms.